The van der Waals surface area contributed by atoms with Crippen LogP contribution in [0.25, 0.3) is 0 Å². The molecule has 0 aliphatic carbocycles. The molecular weight excluding hydrogens is 254 g/mol. The van der Waals surface area contributed by atoms with Crippen LogP contribution in [0.15, 0.2) is 0 Å². The van der Waals surface area contributed by atoms with Crippen molar-refractivity contribution in [3.05, 3.63) is 0 Å². The number of hydrogen-bond acceptors (Lipinski definition) is 3. The maximum absolute atomic E-state index is 12.7. The second-order valence-electron chi connectivity index (χ2n) is 6.49. The highest BCUT2D eigenvalue weighted by atomic mass is 16.2. The second-order valence-corrected chi connectivity index (χ2v) is 6.49. The summed E-state index contributed by atoms with van der Waals surface area (Å²) in [4.78, 5) is 31.1. The van der Waals surface area contributed by atoms with Crippen LogP contribution in [-0.2, 0) is 9.59 Å². The van der Waals surface area contributed by atoms with E-state index in [4.69, 9.17) is 0 Å². The number of rotatable bonds is 2. The Hall–Kier alpha value is -1.10. The summed E-state index contributed by atoms with van der Waals surface area (Å²) in [5, 5.41) is 0. The average Bonchev–Trinajstić information content (AvgIpc) is 2.93. The third-order valence-corrected chi connectivity index (χ3v) is 5.26. The lowest BCUT2D eigenvalue weighted by Gasteiger charge is -2.44. The van der Waals surface area contributed by atoms with E-state index >= 15 is 0 Å². The second kappa shape index (κ2) is 5.35. The first-order chi connectivity index (χ1) is 9.59. The molecule has 3 aliphatic heterocycles. The Morgan fingerprint density at radius 1 is 1.05 bits per heavy atom. The summed E-state index contributed by atoms with van der Waals surface area (Å²) in [7, 11) is 2.13. The van der Waals surface area contributed by atoms with Crippen LogP contribution >= 0.6 is 0 Å². The number of hydrogen-bond donors (Lipinski definition) is 0. The van der Waals surface area contributed by atoms with Crippen LogP contribution in [0.5, 0.6) is 0 Å². The van der Waals surface area contributed by atoms with Crippen molar-refractivity contribution in [1.82, 2.24) is 14.7 Å². The van der Waals surface area contributed by atoms with E-state index in [-0.39, 0.29) is 23.9 Å². The number of carbonyl (C=O) groups is 2. The van der Waals surface area contributed by atoms with Crippen molar-refractivity contribution in [2.75, 3.05) is 26.7 Å². The van der Waals surface area contributed by atoms with Gasteiger partial charge >= 0.3 is 0 Å². The Morgan fingerprint density at radius 3 is 2.60 bits per heavy atom. The molecule has 3 unspecified atom stereocenters. The Labute approximate surface area is 120 Å². The first kappa shape index (κ1) is 13.9. The molecule has 0 spiro atoms. The van der Waals surface area contributed by atoms with E-state index in [0.29, 0.717) is 12.6 Å². The molecule has 2 amide bonds. The van der Waals surface area contributed by atoms with Crippen LogP contribution in [0, 0.1) is 0 Å². The van der Waals surface area contributed by atoms with E-state index in [1.807, 2.05) is 11.8 Å². The molecule has 112 valence electrons. The smallest absolute Gasteiger partial charge is 0.246 e. The van der Waals surface area contributed by atoms with Gasteiger partial charge in [0.25, 0.3) is 0 Å². The van der Waals surface area contributed by atoms with Gasteiger partial charge in [-0.2, -0.15) is 0 Å². The van der Waals surface area contributed by atoms with Crippen molar-refractivity contribution in [2.45, 2.75) is 57.2 Å². The maximum atomic E-state index is 12.7. The zero-order chi connectivity index (χ0) is 14.3. The lowest BCUT2D eigenvalue weighted by atomic mass is 9.99. The molecule has 0 aromatic rings. The van der Waals surface area contributed by atoms with Crippen molar-refractivity contribution in [3.8, 4) is 0 Å². The molecule has 5 nitrogen and oxygen atoms in total. The number of likely N-dealkylation sites (tertiary alicyclic amines) is 1. The summed E-state index contributed by atoms with van der Waals surface area (Å²) in [5.41, 5.74) is 0. The highest BCUT2D eigenvalue weighted by Crippen LogP contribution is 2.28. The molecular formula is C15H25N3O2. The molecule has 0 bridgehead atoms. The van der Waals surface area contributed by atoms with Gasteiger partial charge in [-0.3, -0.25) is 9.59 Å². The number of amides is 2. The van der Waals surface area contributed by atoms with Gasteiger partial charge in [0.2, 0.25) is 11.8 Å². The number of fused-ring (bicyclic) bond motifs is 1. The first-order valence-electron chi connectivity index (χ1n) is 7.91. The highest BCUT2D eigenvalue weighted by molar-refractivity contribution is 5.97. The topological polar surface area (TPSA) is 43.9 Å². The van der Waals surface area contributed by atoms with Gasteiger partial charge in [-0.1, -0.05) is 6.42 Å². The number of nitrogens with zero attached hydrogens (tertiary/aromatic N) is 3. The minimum atomic E-state index is -0.285. The molecule has 3 atom stereocenters. The van der Waals surface area contributed by atoms with Gasteiger partial charge < -0.3 is 14.7 Å². The van der Waals surface area contributed by atoms with E-state index in [1.54, 1.807) is 4.90 Å². The summed E-state index contributed by atoms with van der Waals surface area (Å²) in [6.45, 7) is 4.46. The number of piperazine rings is 1. The Balaban J connectivity index is 1.74. The molecule has 0 radical (unpaired) electrons. The number of piperidine rings is 1. The van der Waals surface area contributed by atoms with Crippen LogP contribution in [0.3, 0.4) is 0 Å². The van der Waals surface area contributed by atoms with Crippen LogP contribution < -0.4 is 0 Å². The van der Waals surface area contributed by atoms with E-state index in [1.165, 1.54) is 12.8 Å². The van der Waals surface area contributed by atoms with Gasteiger partial charge in [0.1, 0.15) is 12.1 Å². The van der Waals surface area contributed by atoms with Crippen LogP contribution in [0.2, 0.25) is 0 Å². The van der Waals surface area contributed by atoms with Crippen molar-refractivity contribution < 1.29 is 9.59 Å². The predicted octanol–water partition coefficient (Wildman–Crippen LogP) is 0.692. The molecule has 3 rings (SSSR count). The largest absolute Gasteiger partial charge is 0.329 e. The monoisotopic (exact) mass is 279 g/mol. The quantitative estimate of drug-likeness (QED) is 0.747. The van der Waals surface area contributed by atoms with Crippen molar-refractivity contribution in [3.63, 3.8) is 0 Å². The lowest BCUT2D eigenvalue weighted by Crippen LogP contribution is -2.63. The van der Waals surface area contributed by atoms with E-state index in [2.05, 4.69) is 11.9 Å². The third-order valence-electron chi connectivity index (χ3n) is 5.26. The third kappa shape index (κ3) is 2.22. The minimum absolute atomic E-state index is 0.144. The number of carbonyl (C=O) groups excluding carboxylic acids is 2. The molecule has 3 fully saturated rings. The Bertz CT molecular complexity index is 412. The predicted molar refractivity (Wildman–Crippen MR) is 76.2 cm³/mol. The molecule has 0 aromatic heterocycles. The lowest BCUT2D eigenvalue weighted by molar-refractivity contribution is -0.159. The van der Waals surface area contributed by atoms with Crippen LogP contribution in [0.4, 0.5) is 0 Å². The van der Waals surface area contributed by atoms with Crippen molar-refractivity contribution in [2.24, 2.45) is 0 Å². The van der Waals surface area contributed by atoms with Gasteiger partial charge in [0.05, 0.1) is 0 Å². The van der Waals surface area contributed by atoms with E-state index in [0.717, 1.165) is 32.4 Å². The summed E-state index contributed by atoms with van der Waals surface area (Å²) in [6, 6.07) is -0.0457. The standard InChI is InChI=1S/C15H25N3O2/c1-11-14(19)17-9-5-7-13(17)15(20)18(11)10-12-6-3-4-8-16(12)2/h11-13H,3-10H2,1-2H3. The fraction of sp³-hybridized carbons (Fsp3) is 0.867. The fourth-order valence-electron chi connectivity index (χ4n) is 3.89. The van der Waals surface area contributed by atoms with Gasteiger partial charge in [0.15, 0.2) is 0 Å². The maximum Gasteiger partial charge on any atom is 0.246 e. The Morgan fingerprint density at radius 2 is 1.85 bits per heavy atom. The zero-order valence-electron chi connectivity index (χ0n) is 12.5. The van der Waals surface area contributed by atoms with Gasteiger partial charge in [-0.05, 0) is 46.2 Å². The van der Waals surface area contributed by atoms with Gasteiger partial charge in [0, 0.05) is 19.1 Å². The zero-order valence-corrected chi connectivity index (χ0v) is 12.5. The molecule has 0 saturated carbocycles. The van der Waals surface area contributed by atoms with Crippen molar-refractivity contribution in [1.29, 1.82) is 0 Å². The van der Waals surface area contributed by atoms with Gasteiger partial charge in [-0.25, -0.2) is 0 Å². The molecule has 3 heterocycles. The fourth-order valence-corrected chi connectivity index (χ4v) is 3.89. The summed E-state index contributed by atoms with van der Waals surface area (Å²) >= 11 is 0. The van der Waals surface area contributed by atoms with E-state index in [9.17, 15) is 9.59 Å². The summed E-state index contributed by atoms with van der Waals surface area (Å²) in [5.74, 6) is 0.319. The number of likely N-dealkylation sites (N-methyl/N-ethyl adjacent to an activating group) is 1. The first-order valence-corrected chi connectivity index (χ1v) is 7.91. The van der Waals surface area contributed by atoms with Crippen LogP contribution in [-0.4, -0.2) is 71.3 Å². The van der Waals surface area contributed by atoms with Crippen molar-refractivity contribution >= 4 is 11.8 Å². The summed E-state index contributed by atoms with van der Waals surface area (Å²) < 4.78 is 0. The molecule has 20 heavy (non-hydrogen) atoms. The van der Waals surface area contributed by atoms with E-state index < -0.39 is 0 Å². The average molecular weight is 279 g/mol. The SMILES string of the molecule is CC1C(=O)N2CCCC2C(=O)N1CC1CCCCN1C. The van der Waals surface area contributed by atoms with Crippen LogP contribution in [0.1, 0.15) is 39.0 Å². The molecule has 0 N–H and O–H groups in total. The Kier molecular flexibility index (Phi) is 3.71. The molecule has 5 heteroatoms. The molecule has 0 aromatic carbocycles. The van der Waals surface area contributed by atoms with Gasteiger partial charge in [-0.15, -0.1) is 0 Å². The highest BCUT2D eigenvalue weighted by Gasteiger charge is 2.46. The minimum Gasteiger partial charge on any atom is -0.329 e. The normalized spacial score (nSPS) is 35.6. The summed E-state index contributed by atoms with van der Waals surface area (Å²) in [6.07, 6.45) is 5.41. The molecule has 3 aliphatic rings. The molecule has 3 saturated heterocycles.